The molecular formula is C42H48N2O8. The molecule has 1 fully saturated rings. The summed E-state index contributed by atoms with van der Waals surface area (Å²) in [4.78, 5) is 25.5. The molecule has 0 spiro atoms. The maximum Gasteiger partial charge on any atom is 0.303 e. The summed E-state index contributed by atoms with van der Waals surface area (Å²) in [5.41, 5.74) is 8.31. The molecule has 274 valence electrons. The van der Waals surface area contributed by atoms with Crippen LogP contribution in [0.5, 0.6) is 11.5 Å². The molecule has 4 aromatic carbocycles. The van der Waals surface area contributed by atoms with Crippen LogP contribution in [0.25, 0.3) is 11.1 Å². The number of methoxy groups -OCH3 is 2. The number of hydrogen-bond donors (Lipinski definition) is 3. The van der Waals surface area contributed by atoms with Gasteiger partial charge < -0.3 is 34.5 Å². The zero-order chi connectivity index (χ0) is 36.5. The maximum absolute atomic E-state index is 12.3. The second-order valence-electron chi connectivity index (χ2n) is 13.5. The standard InChI is InChI=1S/C42H48N2O8/c1-49-38-21-33-17-18-44(25-35(33)22-39(38)50-2)26-36-23-37(30-15-13-28(27-45)14-16-30)52-42(51-36)34-10-6-9-32(20-34)31-8-5-7-29(19-31)24-43-40(46)11-3-4-12-41(47)48/h5-10,13-16,19-22,36-37,42,45H,3-4,11-12,17-18,23-27H2,1-2H3,(H,43,46)(H,47,48). The molecule has 0 aliphatic carbocycles. The third kappa shape index (κ3) is 9.57. The minimum atomic E-state index is -0.844. The Kier molecular flexibility index (Phi) is 12.6. The van der Waals surface area contributed by atoms with E-state index >= 15 is 0 Å². The first-order valence-electron chi connectivity index (χ1n) is 18.0. The molecule has 2 heterocycles. The lowest BCUT2D eigenvalue weighted by Crippen LogP contribution is -2.41. The molecule has 3 unspecified atom stereocenters. The summed E-state index contributed by atoms with van der Waals surface area (Å²) in [6.45, 7) is 2.81. The average molecular weight is 709 g/mol. The number of aliphatic hydroxyl groups is 1. The van der Waals surface area contributed by atoms with Crippen LogP contribution in [0.1, 0.15) is 77.9 Å². The lowest BCUT2D eigenvalue weighted by Gasteiger charge is -2.39. The number of nitrogens with zero attached hydrogens (tertiary/aromatic N) is 1. The molecule has 0 aromatic heterocycles. The molecular weight excluding hydrogens is 660 g/mol. The minimum absolute atomic E-state index is 0.0117. The molecule has 10 nitrogen and oxygen atoms in total. The molecule has 3 N–H and O–H groups in total. The predicted molar refractivity (Wildman–Crippen MR) is 197 cm³/mol. The van der Waals surface area contributed by atoms with E-state index in [0.29, 0.717) is 32.2 Å². The van der Waals surface area contributed by atoms with Gasteiger partial charge in [0, 0.05) is 51.0 Å². The molecule has 52 heavy (non-hydrogen) atoms. The minimum Gasteiger partial charge on any atom is -0.493 e. The van der Waals surface area contributed by atoms with E-state index in [-0.39, 0.29) is 31.1 Å². The van der Waals surface area contributed by atoms with E-state index in [1.165, 1.54) is 11.1 Å². The summed E-state index contributed by atoms with van der Waals surface area (Å²) in [6, 6.07) is 28.4. The third-order valence-corrected chi connectivity index (χ3v) is 9.83. The number of carboxylic acid groups (broad SMARTS) is 1. The fourth-order valence-corrected chi connectivity index (χ4v) is 6.99. The molecule has 2 aliphatic heterocycles. The van der Waals surface area contributed by atoms with Gasteiger partial charge in [-0.2, -0.15) is 0 Å². The Hall–Kier alpha value is -4.74. The number of carbonyl (C=O) groups excluding carboxylic acids is 1. The third-order valence-electron chi connectivity index (χ3n) is 9.83. The van der Waals surface area contributed by atoms with Crippen LogP contribution >= 0.6 is 0 Å². The van der Waals surface area contributed by atoms with Crippen molar-refractivity contribution in [2.75, 3.05) is 27.3 Å². The van der Waals surface area contributed by atoms with Crippen molar-refractivity contribution in [2.45, 2.75) is 76.7 Å². The smallest absolute Gasteiger partial charge is 0.303 e. The Morgan fingerprint density at radius 3 is 2.27 bits per heavy atom. The normalized spacial score (nSPS) is 18.7. The number of aliphatic hydroxyl groups excluding tert-OH is 1. The highest BCUT2D eigenvalue weighted by atomic mass is 16.7. The van der Waals surface area contributed by atoms with Crippen LogP contribution in [0.3, 0.4) is 0 Å². The summed E-state index contributed by atoms with van der Waals surface area (Å²) < 4.78 is 24.6. The van der Waals surface area contributed by atoms with Crippen molar-refractivity contribution in [1.29, 1.82) is 0 Å². The van der Waals surface area contributed by atoms with Gasteiger partial charge >= 0.3 is 5.97 Å². The number of benzene rings is 4. The molecule has 1 saturated heterocycles. The van der Waals surface area contributed by atoms with Gasteiger partial charge in [-0.05, 0) is 82.5 Å². The van der Waals surface area contributed by atoms with E-state index in [2.05, 4.69) is 40.5 Å². The quantitative estimate of drug-likeness (QED) is 0.115. The van der Waals surface area contributed by atoms with E-state index < -0.39 is 12.3 Å². The van der Waals surface area contributed by atoms with Gasteiger partial charge in [0.05, 0.1) is 33.0 Å². The Labute approximate surface area is 305 Å². The molecule has 4 aromatic rings. The van der Waals surface area contributed by atoms with Crippen molar-refractivity contribution >= 4 is 11.9 Å². The zero-order valence-electron chi connectivity index (χ0n) is 29.9. The van der Waals surface area contributed by atoms with Crippen LogP contribution in [-0.4, -0.2) is 60.4 Å². The number of rotatable bonds is 15. The van der Waals surface area contributed by atoms with E-state index in [1.54, 1.807) is 14.2 Å². The SMILES string of the molecule is COc1cc2c(cc1OC)CN(CC1CC(c3ccc(CO)cc3)OC(c3cccc(-c4cccc(CNC(=O)CCCCC(=O)O)c4)c3)O1)CC2. The van der Waals surface area contributed by atoms with Crippen LogP contribution < -0.4 is 14.8 Å². The van der Waals surface area contributed by atoms with E-state index in [9.17, 15) is 14.7 Å². The Morgan fingerprint density at radius 1 is 0.827 bits per heavy atom. The van der Waals surface area contributed by atoms with Crippen molar-refractivity contribution in [1.82, 2.24) is 10.2 Å². The number of fused-ring (bicyclic) bond motifs is 1. The Morgan fingerprint density at radius 2 is 1.54 bits per heavy atom. The van der Waals surface area contributed by atoms with Crippen molar-refractivity contribution in [3.8, 4) is 22.6 Å². The summed E-state index contributed by atoms with van der Waals surface area (Å²) in [5, 5.41) is 21.4. The molecule has 10 heteroatoms. The van der Waals surface area contributed by atoms with Crippen LogP contribution in [-0.2, 0) is 45.2 Å². The number of nitrogens with one attached hydrogen (secondary N) is 1. The monoisotopic (exact) mass is 708 g/mol. The van der Waals surface area contributed by atoms with Gasteiger partial charge in [-0.25, -0.2) is 0 Å². The first kappa shape index (κ1) is 37.0. The zero-order valence-corrected chi connectivity index (χ0v) is 29.9. The molecule has 2 aliphatic rings. The van der Waals surface area contributed by atoms with Gasteiger partial charge in [-0.15, -0.1) is 0 Å². The number of aliphatic carboxylic acids is 1. The number of amides is 1. The lowest BCUT2D eigenvalue weighted by atomic mass is 9.96. The van der Waals surface area contributed by atoms with Crippen LogP contribution in [0, 0.1) is 0 Å². The fourth-order valence-electron chi connectivity index (χ4n) is 6.99. The van der Waals surface area contributed by atoms with Crippen molar-refractivity contribution < 1.29 is 38.7 Å². The Bertz CT molecular complexity index is 1830. The second kappa shape index (κ2) is 17.7. The molecule has 6 rings (SSSR count). The van der Waals surface area contributed by atoms with Crippen LogP contribution in [0.4, 0.5) is 0 Å². The average Bonchev–Trinajstić information content (AvgIpc) is 3.18. The first-order valence-corrected chi connectivity index (χ1v) is 18.0. The second-order valence-corrected chi connectivity index (χ2v) is 13.5. The maximum atomic E-state index is 12.3. The van der Waals surface area contributed by atoms with Gasteiger partial charge in [0.25, 0.3) is 0 Å². The number of ether oxygens (including phenoxy) is 4. The van der Waals surface area contributed by atoms with Gasteiger partial charge in [-0.1, -0.05) is 60.7 Å². The van der Waals surface area contributed by atoms with E-state index in [0.717, 1.165) is 70.9 Å². The largest absolute Gasteiger partial charge is 0.493 e. The topological polar surface area (TPSA) is 127 Å². The fraction of sp³-hybridized carbons (Fsp3) is 0.381. The number of unbranched alkanes of at least 4 members (excludes halogenated alkanes) is 1. The van der Waals surface area contributed by atoms with Crippen LogP contribution in [0.2, 0.25) is 0 Å². The number of hydrogen-bond acceptors (Lipinski definition) is 8. The molecule has 0 saturated carbocycles. The van der Waals surface area contributed by atoms with E-state index in [4.69, 9.17) is 24.1 Å². The summed E-state index contributed by atoms with van der Waals surface area (Å²) in [7, 11) is 3.33. The lowest BCUT2D eigenvalue weighted by molar-refractivity contribution is -0.253. The van der Waals surface area contributed by atoms with Gasteiger partial charge in [-0.3, -0.25) is 14.5 Å². The molecule has 3 atom stereocenters. The van der Waals surface area contributed by atoms with Gasteiger partial charge in [0.1, 0.15) is 0 Å². The highest BCUT2D eigenvalue weighted by Gasteiger charge is 2.34. The molecule has 0 radical (unpaired) electrons. The molecule has 1 amide bonds. The summed E-state index contributed by atoms with van der Waals surface area (Å²) >= 11 is 0. The van der Waals surface area contributed by atoms with Gasteiger partial charge in [0.2, 0.25) is 5.91 Å². The summed E-state index contributed by atoms with van der Waals surface area (Å²) in [5.74, 6) is 0.552. The predicted octanol–water partition coefficient (Wildman–Crippen LogP) is 6.73. The van der Waals surface area contributed by atoms with Crippen molar-refractivity contribution in [2.24, 2.45) is 0 Å². The van der Waals surface area contributed by atoms with Crippen molar-refractivity contribution in [3.63, 3.8) is 0 Å². The summed E-state index contributed by atoms with van der Waals surface area (Å²) in [6.07, 6.45) is 2.13. The van der Waals surface area contributed by atoms with Crippen LogP contribution in [0.15, 0.2) is 84.9 Å². The van der Waals surface area contributed by atoms with E-state index in [1.807, 2.05) is 54.6 Å². The number of carboxylic acids is 1. The Balaban J connectivity index is 1.17. The first-order chi connectivity index (χ1) is 25.3. The highest BCUT2D eigenvalue weighted by Crippen LogP contribution is 2.40. The highest BCUT2D eigenvalue weighted by molar-refractivity contribution is 5.76. The number of carbonyl (C=O) groups is 2. The molecule has 0 bridgehead atoms. The van der Waals surface area contributed by atoms with Crippen molar-refractivity contribution in [3.05, 3.63) is 118 Å². The van der Waals surface area contributed by atoms with Gasteiger partial charge in [0.15, 0.2) is 17.8 Å².